The first-order valence-corrected chi connectivity index (χ1v) is 7.60. The lowest BCUT2D eigenvalue weighted by Gasteiger charge is -2.32. The van der Waals surface area contributed by atoms with Crippen molar-refractivity contribution in [2.24, 2.45) is 11.7 Å². The van der Waals surface area contributed by atoms with Crippen molar-refractivity contribution in [3.63, 3.8) is 0 Å². The van der Waals surface area contributed by atoms with Gasteiger partial charge in [-0.1, -0.05) is 20.3 Å². The van der Waals surface area contributed by atoms with Gasteiger partial charge in [-0.25, -0.2) is 0 Å². The molecule has 3 atom stereocenters. The average Bonchev–Trinajstić information content (AvgIpc) is 2.80. The van der Waals surface area contributed by atoms with Gasteiger partial charge in [0.25, 0.3) is 0 Å². The van der Waals surface area contributed by atoms with Gasteiger partial charge in [-0.3, -0.25) is 4.79 Å². The molecule has 1 rings (SSSR count). The van der Waals surface area contributed by atoms with Gasteiger partial charge in [-0.05, 0) is 51.6 Å². The van der Waals surface area contributed by atoms with Crippen LogP contribution in [0.15, 0.2) is 0 Å². The third kappa shape index (κ3) is 3.69. The molecule has 4 heteroatoms. The van der Waals surface area contributed by atoms with Gasteiger partial charge in [0.1, 0.15) is 5.54 Å². The number of nitrogens with two attached hydrogens (primary N) is 1. The van der Waals surface area contributed by atoms with E-state index >= 15 is 0 Å². The van der Waals surface area contributed by atoms with Gasteiger partial charge < -0.3 is 15.4 Å². The Balaban J connectivity index is 2.58. The highest BCUT2D eigenvalue weighted by atomic mass is 16.5. The molecule has 0 saturated heterocycles. The molecule has 0 aromatic heterocycles. The van der Waals surface area contributed by atoms with Crippen molar-refractivity contribution in [2.45, 2.75) is 64.5 Å². The molecule has 1 aliphatic carbocycles. The molecule has 0 aromatic carbocycles. The van der Waals surface area contributed by atoms with E-state index in [0.29, 0.717) is 6.04 Å². The Kier molecular flexibility index (Phi) is 6.27. The normalized spacial score (nSPS) is 28.6. The fourth-order valence-corrected chi connectivity index (χ4v) is 3.23. The van der Waals surface area contributed by atoms with E-state index in [0.717, 1.165) is 45.2 Å². The number of methoxy groups -OCH3 is 1. The van der Waals surface area contributed by atoms with Gasteiger partial charge in [0, 0.05) is 6.04 Å². The fraction of sp³-hybridized carbons (Fsp3) is 0.933. The van der Waals surface area contributed by atoms with Crippen LogP contribution in [0.5, 0.6) is 0 Å². The molecule has 19 heavy (non-hydrogen) atoms. The van der Waals surface area contributed by atoms with Gasteiger partial charge in [0.2, 0.25) is 0 Å². The Labute approximate surface area is 117 Å². The van der Waals surface area contributed by atoms with Crippen LogP contribution in [-0.4, -0.2) is 42.6 Å². The first kappa shape index (κ1) is 16.4. The number of ether oxygens (including phenoxy) is 1. The summed E-state index contributed by atoms with van der Waals surface area (Å²) in [6, 6.07) is 0.594. The lowest BCUT2D eigenvalue weighted by molar-refractivity contribution is -0.148. The van der Waals surface area contributed by atoms with E-state index in [1.54, 1.807) is 0 Å². The number of esters is 1. The molecule has 0 heterocycles. The number of hydrogen-bond acceptors (Lipinski definition) is 4. The first-order valence-electron chi connectivity index (χ1n) is 7.60. The van der Waals surface area contributed by atoms with E-state index in [-0.39, 0.29) is 11.9 Å². The Morgan fingerprint density at radius 1 is 1.53 bits per heavy atom. The van der Waals surface area contributed by atoms with E-state index in [1.807, 2.05) is 0 Å². The average molecular weight is 270 g/mol. The maximum atomic E-state index is 11.9. The minimum Gasteiger partial charge on any atom is -0.468 e. The summed E-state index contributed by atoms with van der Waals surface area (Å²) < 4.78 is 4.89. The molecule has 0 radical (unpaired) electrons. The first-order chi connectivity index (χ1) is 8.99. The van der Waals surface area contributed by atoms with Crippen LogP contribution in [-0.2, 0) is 9.53 Å². The van der Waals surface area contributed by atoms with Crippen LogP contribution in [0, 0.1) is 5.92 Å². The summed E-state index contributed by atoms with van der Waals surface area (Å²) >= 11 is 0. The van der Waals surface area contributed by atoms with Crippen molar-refractivity contribution in [1.82, 2.24) is 4.90 Å². The number of rotatable bonds is 7. The molecule has 0 bridgehead atoms. The van der Waals surface area contributed by atoms with Crippen LogP contribution in [0.25, 0.3) is 0 Å². The number of nitrogens with zero attached hydrogens (tertiary/aromatic N) is 1. The zero-order valence-electron chi connectivity index (χ0n) is 12.9. The topological polar surface area (TPSA) is 55.6 Å². The molecule has 0 spiro atoms. The largest absolute Gasteiger partial charge is 0.468 e. The van der Waals surface area contributed by atoms with Crippen molar-refractivity contribution in [3.8, 4) is 0 Å². The van der Waals surface area contributed by atoms with Gasteiger partial charge in [-0.2, -0.15) is 0 Å². The minimum absolute atomic E-state index is 0.235. The third-order valence-electron chi connectivity index (χ3n) is 4.82. The molecule has 0 amide bonds. The predicted molar refractivity (Wildman–Crippen MR) is 77.9 cm³/mol. The molecule has 112 valence electrons. The third-order valence-corrected chi connectivity index (χ3v) is 4.82. The molecule has 4 nitrogen and oxygen atoms in total. The number of carbonyl (C=O) groups is 1. The second-order valence-corrected chi connectivity index (χ2v) is 5.80. The van der Waals surface area contributed by atoms with Gasteiger partial charge in [0.05, 0.1) is 7.11 Å². The van der Waals surface area contributed by atoms with Gasteiger partial charge in [-0.15, -0.1) is 0 Å². The molecule has 2 N–H and O–H groups in total. The van der Waals surface area contributed by atoms with Crippen molar-refractivity contribution in [3.05, 3.63) is 0 Å². The van der Waals surface area contributed by atoms with Crippen LogP contribution < -0.4 is 5.73 Å². The summed E-state index contributed by atoms with van der Waals surface area (Å²) in [6.07, 6.45) is 4.99. The van der Waals surface area contributed by atoms with E-state index in [9.17, 15) is 4.79 Å². The van der Waals surface area contributed by atoms with Crippen LogP contribution in [0.3, 0.4) is 0 Å². The van der Waals surface area contributed by atoms with E-state index in [1.165, 1.54) is 7.11 Å². The van der Waals surface area contributed by atoms with E-state index in [4.69, 9.17) is 10.5 Å². The zero-order valence-corrected chi connectivity index (χ0v) is 12.9. The van der Waals surface area contributed by atoms with Crippen molar-refractivity contribution >= 4 is 5.97 Å². The molecule has 0 aliphatic heterocycles. The van der Waals surface area contributed by atoms with Gasteiger partial charge in [0.15, 0.2) is 0 Å². The second kappa shape index (κ2) is 7.25. The summed E-state index contributed by atoms with van der Waals surface area (Å²) in [5.41, 5.74) is 5.55. The SMILES string of the molecule is CCC(C)N(CC)CCC1CCCC1(N)C(=O)OC. The smallest absolute Gasteiger partial charge is 0.326 e. The Bertz CT molecular complexity index is 296. The zero-order chi connectivity index (χ0) is 14.5. The quantitative estimate of drug-likeness (QED) is 0.720. The van der Waals surface area contributed by atoms with E-state index in [2.05, 4.69) is 25.7 Å². The van der Waals surface area contributed by atoms with Gasteiger partial charge >= 0.3 is 5.97 Å². The maximum Gasteiger partial charge on any atom is 0.326 e. The second-order valence-electron chi connectivity index (χ2n) is 5.80. The Hall–Kier alpha value is -0.610. The van der Waals surface area contributed by atoms with Crippen molar-refractivity contribution < 1.29 is 9.53 Å². The highest BCUT2D eigenvalue weighted by molar-refractivity contribution is 5.81. The number of carbonyl (C=O) groups excluding carboxylic acids is 1. The summed E-state index contributed by atoms with van der Waals surface area (Å²) in [5, 5.41) is 0. The minimum atomic E-state index is -0.746. The summed E-state index contributed by atoms with van der Waals surface area (Å²) in [6.45, 7) is 8.74. The summed E-state index contributed by atoms with van der Waals surface area (Å²) in [5.74, 6) is 0.0274. The number of hydrogen-bond donors (Lipinski definition) is 1. The molecule has 1 fully saturated rings. The fourth-order valence-electron chi connectivity index (χ4n) is 3.23. The highest BCUT2D eigenvalue weighted by Crippen LogP contribution is 2.37. The molecule has 1 saturated carbocycles. The van der Waals surface area contributed by atoms with Crippen LogP contribution in [0.2, 0.25) is 0 Å². The van der Waals surface area contributed by atoms with Crippen molar-refractivity contribution in [1.29, 1.82) is 0 Å². The molecule has 3 unspecified atom stereocenters. The standard InChI is InChI=1S/C15H30N2O2/c1-5-12(3)17(6-2)11-9-13-8-7-10-15(13,16)14(18)19-4/h12-13H,5-11,16H2,1-4H3. The summed E-state index contributed by atoms with van der Waals surface area (Å²) in [4.78, 5) is 14.4. The highest BCUT2D eigenvalue weighted by Gasteiger charge is 2.46. The maximum absolute atomic E-state index is 11.9. The molecule has 0 aromatic rings. The molecular formula is C15H30N2O2. The molecular weight excluding hydrogens is 240 g/mol. The van der Waals surface area contributed by atoms with E-state index < -0.39 is 5.54 Å². The monoisotopic (exact) mass is 270 g/mol. The lowest BCUT2D eigenvalue weighted by Crippen LogP contribution is -2.52. The van der Waals surface area contributed by atoms with Crippen LogP contribution in [0.1, 0.15) is 52.9 Å². The summed E-state index contributed by atoms with van der Waals surface area (Å²) in [7, 11) is 1.43. The Morgan fingerprint density at radius 3 is 2.74 bits per heavy atom. The van der Waals surface area contributed by atoms with Crippen LogP contribution >= 0.6 is 0 Å². The van der Waals surface area contributed by atoms with Crippen LogP contribution in [0.4, 0.5) is 0 Å². The Morgan fingerprint density at radius 2 is 2.21 bits per heavy atom. The predicted octanol–water partition coefficient (Wildman–Crippen LogP) is 2.17. The van der Waals surface area contributed by atoms with Crippen molar-refractivity contribution in [2.75, 3.05) is 20.2 Å². The lowest BCUT2D eigenvalue weighted by atomic mass is 9.85. The molecule has 1 aliphatic rings.